The molecule has 1 amide bonds. The summed E-state index contributed by atoms with van der Waals surface area (Å²) in [4.78, 5) is 16.4. The minimum Gasteiger partial charge on any atom is -0.340 e. The summed E-state index contributed by atoms with van der Waals surface area (Å²) in [6.45, 7) is 8.72. The number of hydrogen-bond donors (Lipinski definition) is 0. The maximum atomic E-state index is 11.9. The predicted octanol–water partition coefficient (Wildman–Crippen LogP) is 3.07. The highest BCUT2D eigenvalue weighted by Crippen LogP contribution is 2.17. The molecule has 1 fully saturated rings. The normalized spacial score (nSPS) is 16.5. The highest BCUT2D eigenvalue weighted by Gasteiger charge is 2.22. The minimum atomic E-state index is 0.108. The van der Waals surface area contributed by atoms with Gasteiger partial charge in [-0.1, -0.05) is 43.6 Å². The highest BCUT2D eigenvalue weighted by atomic mass is 35.5. The first-order chi connectivity index (χ1) is 10.1. The monoisotopic (exact) mass is 308 g/mol. The van der Waals surface area contributed by atoms with Gasteiger partial charge in [0.25, 0.3) is 0 Å². The third-order valence-corrected chi connectivity index (χ3v) is 4.42. The van der Waals surface area contributed by atoms with E-state index in [-0.39, 0.29) is 11.8 Å². The molecular formula is C17H25ClN2O. The van der Waals surface area contributed by atoms with Crippen LogP contribution in [-0.4, -0.2) is 48.4 Å². The lowest BCUT2D eigenvalue weighted by molar-refractivity contribution is -0.136. The zero-order valence-electron chi connectivity index (χ0n) is 13.0. The molecule has 0 spiro atoms. The van der Waals surface area contributed by atoms with Gasteiger partial charge < -0.3 is 4.90 Å². The molecule has 0 bridgehead atoms. The van der Waals surface area contributed by atoms with Crippen molar-refractivity contribution in [1.29, 1.82) is 0 Å². The van der Waals surface area contributed by atoms with E-state index in [0.29, 0.717) is 0 Å². The van der Waals surface area contributed by atoms with Gasteiger partial charge in [-0.15, -0.1) is 0 Å². The average Bonchev–Trinajstić information content (AvgIpc) is 2.49. The van der Waals surface area contributed by atoms with E-state index in [1.165, 1.54) is 5.56 Å². The zero-order chi connectivity index (χ0) is 15.2. The Morgan fingerprint density at radius 2 is 1.86 bits per heavy atom. The number of halogens is 1. The van der Waals surface area contributed by atoms with E-state index in [4.69, 9.17) is 11.6 Å². The molecule has 0 atom stereocenters. The first-order valence-electron chi connectivity index (χ1n) is 7.82. The fourth-order valence-corrected chi connectivity index (χ4v) is 2.98. The van der Waals surface area contributed by atoms with Gasteiger partial charge in [0.15, 0.2) is 0 Å². The molecule has 0 saturated carbocycles. The summed E-state index contributed by atoms with van der Waals surface area (Å²) in [5.41, 5.74) is 1.23. The van der Waals surface area contributed by atoms with Crippen molar-refractivity contribution in [3.63, 3.8) is 0 Å². The largest absolute Gasteiger partial charge is 0.340 e. The number of carbonyl (C=O) groups excluding carboxylic acids is 1. The minimum absolute atomic E-state index is 0.108. The number of aryl methyl sites for hydroxylation is 1. The van der Waals surface area contributed by atoms with Crippen LogP contribution in [0.4, 0.5) is 0 Å². The van der Waals surface area contributed by atoms with Crippen molar-refractivity contribution in [3.05, 3.63) is 34.9 Å². The third kappa shape index (κ3) is 4.72. The number of hydrogen-bond acceptors (Lipinski definition) is 2. The summed E-state index contributed by atoms with van der Waals surface area (Å²) in [7, 11) is 0. The Morgan fingerprint density at radius 1 is 1.19 bits per heavy atom. The van der Waals surface area contributed by atoms with Crippen molar-refractivity contribution >= 4 is 17.5 Å². The van der Waals surface area contributed by atoms with Crippen LogP contribution in [-0.2, 0) is 11.2 Å². The highest BCUT2D eigenvalue weighted by molar-refractivity contribution is 6.31. The summed E-state index contributed by atoms with van der Waals surface area (Å²) in [5, 5.41) is 0.866. The van der Waals surface area contributed by atoms with Gasteiger partial charge in [-0.05, 0) is 31.0 Å². The smallest absolute Gasteiger partial charge is 0.225 e. The van der Waals surface area contributed by atoms with Crippen LogP contribution in [0.25, 0.3) is 0 Å². The Bertz CT molecular complexity index is 468. The zero-order valence-corrected chi connectivity index (χ0v) is 13.8. The second-order valence-electron chi connectivity index (χ2n) is 6.02. The van der Waals surface area contributed by atoms with Gasteiger partial charge in [-0.3, -0.25) is 9.69 Å². The Balaban J connectivity index is 1.70. The maximum absolute atomic E-state index is 11.9. The van der Waals surface area contributed by atoms with Crippen LogP contribution in [0.15, 0.2) is 24.3 Å². The van der Waals surface area contributed by atoms with Crippen molar-refractivity contribution in [2.75, 3.05) is 32.7 Å². The van der Waals surface area contributed by atoms with Gasteiger partial charge in [-0.2, -0.15) is 0 Å². The fraction of sp³-hybridized carbons (Fsp3) is 0.588. The van der Waals surface area contributed by atoms with E-state index in [1.54, 1.807) is 0 Å². The van der Waals surface area contributed by atoms with Crippen LogP contribution < -0.4 is 0 Å². The predicted molar refractivity (Wildman–Crippen MR) is 87.6 cm³/mol. The number of carbonyl (C=O) groups is 1. The Morgan fingerprint density at radius 3 is 2.48 bits per heavy atom. The van der Waals surface area contributed by atoms with Gasteiger partial charge >= 0.3 is 0 Å². The topological polar surface area (TPSA) is 23.6 Å². The van der Waals surface area contributed by atoms with E-state index in [9.17, 15) is 4.79 Å². The van der Waals surface area contributed by atoms with Crippen molar-refractivity contribution in [3.8, 4) is 0 Å². The number of piperazine rings is 1. The first-order valence-corrected chi connectivity index (χ1v) is 8.20. The molecule has 0 radical (unpaired) electrons. The van der Waals surface area contributed by atoms with Crippen LogP contribution in [0.2, 0.25) is 5.02 Å². The van der Waals surface area contributed by atoms with Crippen LogP contribution in [0.5, 0.6) is 0 Å². The van der Waals surface area contributed by atoms with E-state index in [1.807, 2.05) is 36.9 Å². The molecule has 0 aromatic heterocycles. The second kappa shape index (κ2) is 7.81. The molecule has 3 nitrogen and oxygen atoms in total. The van der Waals surface area contributed by atoms with Gasteiger partial charge in [0, 0.05) is 37.1 Å². The van der Waals surface area contributed by atoms with Crippen LogP contribution >= 0.6 is 11.6 Å². The molecule has 1 aromatic carbocycles. The molecule has 1 aliphatic rings. The van der Waals surface area contributed by atoms with E-state index < -0.39 is 0 Å². The van der Waals surface area contributed by atoms with Gasteiger partial charge in [-0.25, -0.2) is 0 Å². The Hall–Kier alpha value is -1.06. The molecule has 0 unspecified atom stereocenters. The van der Waals surface area contributed by atoms with Crippen molar-refractivity contribution in [1.82, 2.24) is 9.80 Å². The maximum Gasteiger partial charge on any atom is 0.225 e. The first kappa shape index (κ1) is 16.3. The summed E-state index contributed by atoms with van der Waals surface area (Å²) >= 11 is 6.17. The van der Waals surface area contributed by atoms with Gasteiger partial charge in [0.2, 0.25) is 5.91 Å². The van der Waals surface area contributed by atoms with E-state index in [2.05, 4.69) is 11.0 Å². The molecule has 0 N–H and O–H groups in total. The lowest BCUT2D eigenvalue weighted by atomic mass is 10.1. The quantitative estimate of drug-likeness (QED) is 0.834. The third-order valence-electron chi connectivity index (χ3n) is 4.06. The molecule has 1 saturated heterocycles. The summed E-state index contributed by atoms with van der Waals surface area (Å²) in [6.07, 6.45) is 2.13. The van der Waals surface area contributed by atoms with Crippen molar-refractivity contribution in [2.45, 2.75) is 26.7 Å². The number of rotatable bonds is 5. The molecule has 1 aromatic rings. The lowest BCUT2D eigenvalue weighted by Crippen LogP contribution is -2.49. The van der Waals surface area contributed by atoms with Gasteiger partial charge in [0.1, 0.15) is 0 Å². The lowest BCUT2D eigenvalue weighted by Gasteiger charge is -2.35. The molecule has 2 rings (SSSR count). The summed E-state index contributed by atoms with van der Waals surface area (Å²) in [5.74, 6) is 0.391. The number of benzene rings is 1. The molecule has 21 heavy (non-hydrogen) atoms. The molecule has 116 valence electrons. The SMILES string of the molecule is CC(C)C(=O)N1CCN(CCCc2ccccc2Cl)CC1. The second-order valence-corrected chi connectivity index (χ2v) is 6.42. The molecule has 0 aliphatic carbocycles. The number of nitrogens with zero attached hydrogens (tertiary/aromatic N) is 2. The standard InChI is InChI=1S/C17H25ClN2O/c1-14(2)17(21)20-12-10-19(11-13-20)9-5-7-15-6-3-4-8-16(15)18/h3-4,6,8,14H,5,7,9-13H2,1-2H3. The van der Waals surface area contributed by atoms with Crippen LogP contribution in [0, 0.1) is 5.92 Å². The average molecular weight is 309 g/mol. The van der Waals surface area contributed by atoms with Crippen LogP contribution in [0.3, 0.4) is 0 Å². The number of amides is 1. The summed E-state index contributed by atoms with van der Waals surface area (Å²) in [6, 6.07) is 8.06. The Kier molecular flexibility index (Phi) is 6.07. The fourth-order valence-electron chi connectivity index (χ4n) is 2.75. The van der Waals surface area contributed by atoms with Gasteiger partial charge in [0.05, 0.1) is 0 Å². The molecule has 4 heteroatoms. The van der Waals surface area contributed by atoms with Crippen molar-refractivity contribution < 1.29 is 4.79 Å². The van der Waals surface area contributed by atoms with E-state index >= 15 is 0 Å². The molecule has 1 aliphatic heterocycles. The van der Waals surface area contributed by atoms with Crippen LogP contribution in [0.1, 0.15) is 25.8 Å². The molecular weight excluding hydrogens is 284 g/mol. The van der Waals surface area contributed by atoms with E-state index in [0.717, 1.165) is 50.6 Å². The van der Waals surface area contributed by atoms with Crippen molar-refractivity contribution in [2.24, 2.45) is 5.92 Å². The molecule has 1 heterocycles. The summed E-state index contributed by atoms with van der Waals surface area (Å²) < 4.78 is 0. The Labute approximate surface area is 132 Å².